The standard InChI is InChI=1S/C14H24N6O/c1-10(2)6-12-16-13(21-18-12)9-20-8-11(17-19-20)7-15-14(3,4)5/h8,10,15H,6-7,9H2,1-5H3. The van der Waals surface area contributed by atoms with Crippen LogP contribution in [0.4, 0.5) is 0 Å². The van der Waals surface area contributed by atoms with Crippen LogP contribution in [0.25, 0.3) is 0 Å². The van der Waals surface area contributed by atoms with Crippen molar-refractivity contribution in [3.8, 4) is 0 Å². The van der Waals surface area contributed by atoms with Crippen LogP contribution < -0.4 is 5.32 Å². The van der Waals surface area contributed by atoms with Gasteiger partial charge in [0.25, 0.3) is 0 Å². The van der Waals surface area contributed by atoms with E-state index < -0.39 is 0 Å². The van der Waals surface area contributed by atoms with Gasteiger partial charge in [-0.3, -0.25) is 0 Å². The van der Waals surface area contributed by atoms with Gasteiger partial charge in [0.05, 0.1) is 11.9 Å². The van der Waals surface area contributed by atoms with E-state index in [4.69, 9.17) is 4.52 Å². The molecule has 0 unspecified atom stereocenters. The molecule has 2 aromatic rings. The molecule has 0 aliphatic heterocycles. The van der Waals surface area contributed by atoms with E-state index in [0.29, 0.717) is 24.9 Å². The molecule has 0 saturated carbocycles. The fourth-order valence-corrected chi connectivity index (χ4v) is 1.79. The molecule has 0 amide bonds. The van der Waals surface area contributed by atoms with E-state index >= 15 is 0 Å². The molecule has 0 radical (unpaired) electrons. The molecular weight excluding hydrogens is 268 g/mol. The highest BCUT2D eigenvalue weighted by atomic mass is 16.5. The van der Waals surface area contributed by atoms with Gasteiger partial charge < -0.3 is 9.84 Å². The Balaban J connectivity index is 1.91. The summed E-state index contributed by atoms with van der Waals surface area (Å²) in [6, 6.07) is 0. The van der Waals surface area contributed by atoms with Crippen LogP contribution in [0.1, 0.15) is 52.0 Å². The second kappa shape index (κ2) is 6.34. The minimum Gasteiger partial charge on any atom is -0.337 e. The summed E-state index contributed by atoms with van der Waals surface area (Å²) in [5.41, 5.74) is 0.953. The van der Waals surface area contributed by atoms with Gasteiger partial charge in [-0.15, -0.1) is 5.10 Å². The molecule has 0 aliphatic rings. The van der Waals surface area contributed by atoms with Gasteiger partial charge >= 0.3 is 0 Å². The number of aromatic nitrogens is 5. The molecule has 2 rings (SSSR count). The first-order valence-electron chi connectivity index (χ1n) is 7.27. The minimum absolute atomic E-state index is 0.0576. The average Bonchev–Trinajstić information content (AvgIpc) is 2.95. The van der Waals surface area contributed by atoms with Crippen molar-refractivity contribution in [2.75, 3.05) is 0 Å². The largest absolute Gasteiger partial charge is 0.337 e. The first-order valence-corrected chi connectivity index (χ1v) is 7.27. The second-order valence-electron chi connectivity index (χ2n) is 6.71. The molecule has 0 aromatic carbocycles. The van der Waals surface area contributed by atoms with Crippen LogP contribution in [0.15, 0.2) is 10.7 Å². The highest BCUT2D eigenvalue weighted by Crippen LogP contribution is 2.06. The smallest absolute Gasteiger partial charge is 0.248 e. The quantitative estimate of drug-likeness (QED) is 0.874. The number of hydrogen-bond donors (Lipinski definition) is 1. The third-order valence-corrected chi connectivity index (χ3v) is 2.78. The first-order chi connectivity index (χ1) is 9.82. The van der Waals surface area contributed by atoms with Gasteiger partial charge in [0.1, 0.15) is 6.54 Å². The van der Waals surface area contributed by atoms with E-state index in [9.17, 15) is 0 Å². The molecule has 0 atom stereocenters. The van der Waals surface area contributed by atoms with Crippen molar-refractivity contribution < 1.29 is 4.52 Å². The van der Waals surface area contributed by atoms with Crippen molar-refractivity contribution in [2.45, 2.75) is 59.7 Å². The lowest BCUT2D eigenvalue weighted by Crippen LogP contribution is -2.35. The van der Waals surface area contributed by atoms with Crippen molar-refractivity contribution in [3.63, 3.8) is 0 Å². The van der Waals surface area contributed by atoms with Crippen molar-refractivity contribution in [1.82, 2.24) is 30.5 Å². The summed E-state index contributed by atoms with van der Waals surface area (Å²) in [6.45, 7) is 11.7. The van der Waals surface area contributed by atoms with Crippen molar-refractivity contribution in [1.29, 1.82) is 0 Å². The summed E-state index contributed by atoms with van der Waals surface area (Å²) >= 11 is 0. The predicted molar refractivity (Wildman–Crippen MR) is 78.6 cm³/mol. The molecular formula is C14H24N6O. The summed E-state index contributed by atoms with van der Waals surface area (Å²) < 4.78 is 6.94. The number of nitrogens with one attached hydrogen (secondary N) is 1. The van der Waals surface area contributed by atoms with Crippen LogP contribution in [0.2, 0.25) is 0 Å². The summed E-state index contributed by atoms with van der Waals surface area (Å²) in [5, 5.41) is 15.6. The average molecular weight is 292 g/mol. The van der Waals surface area contributed by atoms with Gasteiger partial charge in [0, 0.05) is 18.5 Å². The summed E-state index contributed by atoms with van der Waals surface area (Å²) in [4.78, 5) is 4.36. The molecule has 7 nitrogen and oxygen atoms in total. The van der Waals surface area contributed by atoms with Crippen molar-refractivity contribution >= 4 is 0 Å². The van der Waals surface area contributed by atoms with E-state index in [1.165, 1.54) is 0 Å². The molecule has 0 saturated heterocycles. The van der Waals surface area contributed by atoms with Crippen molar-refractivity contribution in [3.05, 3.63) is 23.6 Å². The Bertz CT molecular complexity index is 566. The van der Waals surface area contributed by atoms with Crippen LogP contribution in [-0.4, -0.2) is 30.7 Å². The predicted octanol–water partition coefficient (Wildman–Crippen LogP) is 1.80. The number of nitrogens with zero attached hydrogens (tertiary/aromatic N) is 5. The second-order valence-corrected chi connectivity index (χ2v) is 6.71. The van der Waals surface area contributed by atoms with E-state index in [1.807, 2.05) is 6.20 Å². The summed E-state index contributed by atoms with van der Waals surface area (Å²) in [7, 11) is 0. The highest BCUT2D eigenvalue weighted by molar-refractivity contribution is 4.95. The van der Waals surface area contributed by atoms with E-state index in [0.717, 1.165) is 17.9 Å². The normalized spacial score (nSPS) is 12.3. The Kier molecular flexibility index (Phi) is 4.72. The third-order valence-electron chi connectivity index (χ3n) is 2.78. The fraction of sp³-hybridized carbons (Fsp3) is 0.714. The van der Waals surface area contributed by atoms with Crippen LogP contribution >= 0.6 is 0 Å². The minimum atomic E-state index is 0.0576. The van der Waals surface area contributed by atoms with Gasteiger partial charge in [-0.1, -0.05) is 24.2 Å². The molecule has 0 fully saturated rings. The van der Waals surface area contributed by atoms with Gasteiger partial charge in [-0.25, -0.2) is 4.68 Å². The van der Waals surface area contributed by atoms with Crippen LogP contribution in [0, 0.1) is 5.92 Å². The molecule has 0 spiro atoms. The molecule has 2 heterocycles. The topological polar surface area (TPSA) is 81.7 Å². The van der Waals surface area contributed by atoms with E-state index in [1.54, 1.807) is 4.68 Å². The zero-order valence-electron chi connectivity index (χ0n) is 13.4. The fourth-order valence-electron chi connectivity index (χ4n) is 1.79. The maximum Gasteiger partial charge on any atom is 0.248 e. The number of hydrogen-bond acceptors (Lipinski definition) is 6. The zero-order chi connectivity index (χ0) is 15.5. The lowest BCUT2D eigenvalue weighted by Gasteiger charge is -2.19. The molecule has 0 bridgehead atoms. The lowest BCUT2D eigenvalue weighted by molar-refractivity contribution is 0.358. The molecule has 2 aromatic heterocycles. The van der Waals surface area contributed by atoms with E-state index in [2.05, 4.69) is 60.4 Å². The third kappa shape index (κ3) is 5.26. The van der Waals surface area contributed by atoms with Crippen LogP contribution in [-0.2, 0) is 19.5 Å². The Labute approximate surface area is 125 Å². The Morgan fingerprint density at radius 3 is 2.76 bits per heavy atom. The maximum atomic E-state index is 5.23. The Hall–Kier alpha value is -1.76. The van der Waals surface area contributed by atoms with Gasteiger partial charge in [0.15, 0.2) is 5.82 Å². The Morgan fingerprint density at radius 1 is 1.33 bits per heavy atom. The zero-order valence-corrected chi connectivity index (χ0v) is 13.4. The summed E-state index contributed by atoms with van der Waals surface area (Å²) in [6.07, 6.45) is 2.71. The number of rotatable bonds is 6. The van der Waals surface area contributed by atoms with Gasteiger partial charge in [-0.05, 0) is 26.7 Å². The molecule has 1 N–H and O–H groups in total. The van der Waals surface area contributed by atoms with Crippen LogP contribution in [0.3, 0.4) is 0 Å². The Morgan fingerprint density at radius 2 is 2.10 bits per heavy atom. The van der Waals surface area contributed by atoms with Gasteiger partial charge in [0.2, 0.25) is 5.89 Å². The molecule has 7 heteroatoms. The molecule has 0 aliphatic carbocycles. The highest BCUT2D eigenvalue weighted by Gasteiger charge is 2.12. The molecule has 116 valence electrons. The van der Waals surface area contributed by atoms with Crippen molar-refractivity contribution in [2.24, 2.45) is 5.92 Å². The van der Waals surface area contributed by atoms with E-state index in [-0.39, 0.29) is 5.54 Å². The first kappa shape index (κ1) is 15.6. The summed E-state index contributed by atoms with van der Waals surface area (Å²) in [5.74, 6) is 1.82. The lowest BCUT2D eigenvalue weighted by atomic mass is 10.1. The molecule has 21 heavy (non-hydrogen) atoms. The van der Waals surface area contributed by atoms with Crippen LogP contribution in [0.5, 0.6) is 0 Å². The maximum absolute atomic E-state index is 5.23. The van der Waals surface area contributed by atoms with Gasteiger partial charge in [-0.2, -0.15) is 4.98 Å². The SMILES string of the molecule is CC(C)Cc1noc(Cn2cc(CNC(C)(C)C)nn2)n1. The monoisotopic (exact) mass is 292 g/mol.